The maximum Gasteiger partial charge on any atom is 0.264 e. The topological polar surface area (TPSA) is 71.3 Å². The Bertz CT molecular complexity index is 429. The lowest BCUT2D eigenvalue weighted by Crippen LogP contribution is -2.17. The van der Waals surface area contributed by atoms with E-state index in [0.29, 0.717) is 21.5 Å². The first-order chi connectivity index (χ1) is 7.63. The predicted octanol–water partition coefficient (Wildman–Crippen LogP) is 1.68. The van der Waals surface area contributed by atoms with Gasteiger partial charge in [0, 0.05) is 5.56 Å². The number of carbonyl (C=O) groups excluding carboxylic acids is 1. The number of hydrogen-bond donors (Lipinski definition) is 1. The van der Waals surface area contributed by atoms with Crippen LogP contribution in [0.25, 0.3) is 0 Å². The van der Waals surface area contributed by atoms with Crippen molar-refractivity contribution in [3.63, 3.8) is 0 Å². The fourth-order valence-corrected chi connectivity index (χ4v) is 1.68. The quantitative estimate of drug-likeness (QED) is 0.677. The predicted molar refractivity (Wildman–Crippen MR) is 60.3 cm³/mol. The van der Waals surface area contributed by atoms with Crippen LogP contribution in [-0.2, 0) is 0 Å². The van der Waals surface area contributed by atoms with E-state index in [1.54, 1.807) is 6.19 Å². The van der Waals surface area contributed by atoms with Gasteiger partial charge in [0.1, 0.15) is 16.0 Å². The Morgan fingerprint density at radius 2 is 1.88 bits per heavy atom. The standard InChI is InChI=1S/C10H9BrN2O3/c1-15-7-3-6(10(14)13-5-12)4-8(16-2)9(7)11/h3-4H,1-2H3,(H,13,14). The highest BCUT2D eigenvalue weighted by Gasteiger charge is 2.14. The van der Waals surface area contributed by atoms with Crippen molar-refractivity contribution in [3.05, 3.63) is 22.2 Å². The van der Waals surface area contributed by atoms with Crippen molar-refractivity contribution in [3.8, 4) is 17.7 Å². The summed E-state index contributed by atoms with van der Waals surface area (Å²) in [5, 5.41) is 10.4. The van der Waals surface area contributed by atoms with Crippen molar-refractivity contribution in [1.29, 1.82) is 5.26 Å². The van der Waals surface area contributed by atoms with Crippen molar-refractivity contribution in [2.45, 2.75) is 0 Å². The number of hydrogen-bond acceptors (Lipinski definition) is 4. The van der Waals surface area contributed by atoms with Gasteiger partial charge in [-0.1, -0.05) is 0 Å². The highest BCUT2D eigenvalue weighted by molar-refractivity contribution is 9.10. The number of ether oxygens (including phenoxy) is 2. The molecule has 0 radical (unpaired) electrons. The van der Waals surface area contributed by atoms with Crippen molar-refractivity contribution in [1.82, 2.24) is 5.32 Å². The average Bonchev–Trinajstić information content (AvgIpc) is 2.29. The number of rotatable bonds is 3. The van der Waals surface area contributed by atoms with Crippen LogP contribution in [0, 0.1) is 11.5 Å². The first-order valence-corrected chi connectivity index (χ1v) is 5.04. The third-order valence-corrected chi connectivity index (χ3v) is 2.66. The van der Waals surface area contributed by atoms with Gasteiger partial charge >= 0.3 is 0 Å². The normalized spacial score (nSPS) is 9.12. The third kappa shape index (κ3) is 2.44. The van der Waals surface area contributed by atoms with Gasteiger partial charge in [-0.15, -0.1) is 0 Å². The monoisotopic (exact) mass is 284 g/mol. The molecule has 0 atom stereocenters. The largest absolute Gasteiger partial charge is 0.495 e. The van der Waals surface area contributed by atoms with Gasteiger partial charge in [0.05, 0.1) is 14.2 Å². The van der Waals surface area contributed by atoms with Gasteiger partial charge in [0.15, 0.2) is 6.19 Å². The molecule has 1 amide bonds. The zero-order chi connectivity index (χ0) is 12.1. The molecule has 0 aliphatic rings. The molecule has 1 aromatic rings. The lowest BCUT2D eigenvalue weighted by Gasteiger charge is -2.10. The summed E-state index contributed by atoms with van der Waals surface area (Å²) in [6.45, 7) is 0. The summed E-state index contributed by atoms with van der Waals surface area (Å²) in [6.07, 6.45) is 1.56. The Labute approximate surface area is 101 Å². The highest BCUT2D eigenvalue weighted by atomic mass is 79.9. The minimum absolute atomic E-state index is 0.290. The van der Waals surface area contributed by atoms with E-state index in [9.17, 15) is 4.79 Å². The maximum absolute atomic E-state index is 11.4. The number of halogens is 1. The van der Waals surface area contributed by atoms with Crippen LogP contribution in [0.5, 0.6) is 11.5 Å². The van der Waals surface area contributed by atoms with E-state index < -0.39 is 5.91 Å². The second-order valence-electron chi connectivity index (χ2n) is 2.76. The van der Waals surface area contributed by atoms with Crippen LogP contribution in [0.2, 0.25) is 0 Å². The zero-order valence-electron chi connectivity index (χ0n) is 8.70. The molecule has 0 saturated heterocycles. The van der Waals surface area contributed by atoms with E-state index in [1.165, 1.54) is 26.4 Å². The van der Waals surface area contributed by atoms with E-state index in [1.807, 2.05) is 5.32 Å². The fourth-order valence-electron chi connectivity index (χ4n) is 1.12. The van der Waals surface area contributed by atoms with E-state index >= 15 is 0 Å². The molecule has 1 N–H and O–H groups in total. The Morgan fingerprint density at radius 3 is 2.25 bits per heavy atom. The Balaban J connectivity index is 3.22. The molecular formula is C10H9BrN2O3. The number of nitriles is 1. The van der Waals surface area contributed by atoms with Crippen LogP contribution < -0.4 is 14.8 Å². The molecule has 0 unspecified atom stereocenters. The first-order valence-electron chi connectivity index (χ1n) is 4.25. The Hall–Kier alpha value is -1.74. The van der Waals surface area contributed by atoms with Gasteiger partial charge in [-0.05, 0) is 28.1 Å². The van der Waals surface area contributed by atoms with Crippen LogP contribution in [0.3, 0.4) is 0 Å². The summed E-state index contributed by atoms with van der Waals surface area (Å²) < 4.78 is 10.7. The van der Waals surface area contributed by atoms with Crippen LogP contribution in [0.15, 0.2) is 16.6 Å². The molecule has 0 fully saturated rings. The van der Waals surface area contributed by atoms with Gasteiger partial charge in [-0.25, -0.2) is 0 Å². The van der Waals surface area contributed by atoms with Gasteiger partial charge in [-0.3, -0.25) is 10.1 Å². The van der Waals surface area contributed by atoms with Gasteiger partial charge < -0.3 is 9.47 Å². The maximum atomic E-state index is 11.4. The molecule has 0 aliphatic carbocycles. The van der Waals surface area contributed by atoms with Crippen molar-refractivity contribution >= 4 is 21.8 Å². The second kappa shape index (κ2) is 5.37. The molecule has 0 aliphatic heterocycles. The molecule has 5 nitrogen and oxygen atoms in total. The summed E-state index contributed by atoms with van der Waals surface area (Å²) in [5.74, 6) is 0.413. The van der Waals surface area contributed by atoms with E-state index in [2.05, 4.69) is 15.9 Å². The summed E-state index contributed by atoms with van der Waals surface area (Å²) in [6, 6.07) is 3.03. The third-order valence-electron chi connectivity index (χ3n) is 1.88. The van der Waals surface area contributed by atoms with Crippen molar-refractivity contribution < 1.29 is 14.3 Å². The minimum atomic E-state index is -0.508. The molecule has 0 bridgehead atoms. The number of amides is 1. The van der Waals surface area contributed by atoms with E-state index in [-0.39, 0.29) is 0 Å². The number of nitrogens with one attached hydrogen (secondary N) is 1. The number of methoxy groups -OCH3 is 2. The molecule has 16 heavy (non-hydrogen) atoms. The molecule has 1 aromatic carbocycles. The zero-order valence-corrected chi connectivity index (χ0v) is 10.3. The molecule has 0 heterocycles. The average molecular weight is 285 g/mol. The van der Waals surface area contributed by atoms with Gasteiger partial charge in [0.2, 0.25) is 0 Å². The Kier molecular flexibility index (Phi) is 4.14. The molecule has 0 spiro atoms. The highest BCUT2D eigenvalue weighted by Crippen LogP contribution is 2.35. The van der Waals surface area contributed by atoms with E-state index in [0.717, 1.165) is 0 Å². The fraction of sp³-hybridized carbons (Fsp3) is 0.200. The molecular weight excluding hydrogens is 276 g/mol. The lowest BCUT2D eigenvalue weighted by molar-refractivity contribution is 0.0972. The molecule has 1 rings (SSSR count). The first kappa shape index (κ1) is 12.3. The van der Waals surface area contributed by atoms with Crippen LogP contribution in [0.1, 0.15) is 10.4 Å². The van der Waals surface area contributed by atoms with Crippen LogP contribution in [0.4, 0.5) is 0 Å². The molecule has 0 saturated carbocycles. The molecule has 0 aromatic heterocycles. The van der Waals surface area contributed by atoms with Crippen LogP contribution in [-0.4, -0.2) is 20.1 Å². The van der Waals surface area contributed by atoms with E-state index in [4.69, 9.17) is 14.7 Å². The minimum Gasteiger partial charge on any atom is -0.495 e. The van der Waals surface area contributed by atoms with Crippen molar-refractivity contribution in [2.75, 3.05) is 14.2 Å². The second-order valence-corrected chi connectivity index (χ2v) is 3.55. The SMILES string of the molecule is COc1cc(C(=O)NC#N)cc(OC)c1Br. The van der Waals surface area contributed by atoms with Gasteiger partial charge in [0.25, 0.3) is 5.91 Å². The lowest BCUT2D eigenvalue weighted by atomic mass is 10.2. The number of carbonyl (C=O) groups is 1. The smallest absolute Gasteiger partial charge is 0.264 e. The summed E-state index contributed by atoms with van der Waals surface area (Å²) >= 11 is 3.28. The van der Waals surface area contributed by atoms with Crippen LogP contribution >= 0.6 is 15.9 Å². The number of benzene rings is 1. The molecule has 6 heteroatoms. The summed E-state index contributed by atoms with van der Waals surface area (Å²) in [4.78, 5) is 11.4. The molecule has 84 valence electrons. The Morgan fingerprint density at radius 1 is 1.38 bits per heavy atom. The summed E-state index contributed by atoms with van der Waals surface area (Å²) in [5.41, 5.74) is 0.290. The van der Waals surface area contributed by atoms with Crippen molar-refractivity contribution in [2.24, 2.45) is 0 Å². The summed E-state index contributed by atoms with van der Waals surface area (Å²) in [7, 11) is 2.96. The van der Waals surface area contributed by atoms with Gasteiger partial charge in [-0.2, -0.15) is 5.26 Å². The number of nitrogens with zero attached hydrogens (tertiary/aromatic N) is 1.